The number of hydrogen-bond acceptors (Lipinski definition) is 2. The highest BCUT2D eigenvalue weighted by atomic mass is 19.4. The molecule has 2 aromatic carbocycles. The van der Waals surface area contributed by atoms with Crippen molar-refractivity contribution in [3.05, 3.63) is 89.2 Å². The van der Waals surface area contributed by atoms with Gasteiger partial charge in [0, 0.05) is 37.6 Å². The van der Waals surface area contributed by atoms with Crippen molar-refractivity contribution >= 4 is 0 Å². The molecule has 3 nitrogen and oxygen atoms in total. The molecule has 0 bridgehead atoms. The van der Waals surface area contributed by atoms with E-state index in [9.17, 15) is 13.2 Å². The van der Waals surface area contributed by atoms with Gasteiger partial charge in [0.15, 0.2) is 0 Å². The number of rotatable bonds is 9. The normalized spacial score (nSPS) is 13.0. The molecule has 0 aliphatic carbocycles. The zero-order valence-corrected chi connectivity index (χ0v) is 19.1. The minimum Gasteiger partial charge on any atom is -0.497 e. The first kappa shape index (κ1) is 23.9. The fourth-order valence-electron chi connectivity index (χ4n) is 3.77. The molecule has 0 amide bonds. The van der Waals surface area contributed by atoms with Crippen LogP contribution in [0, 0.1) is 5.92 Å². The largest absolute Gasteiger partial charge is 0.497 e. The van der Waals surface area contributed by atoms with E-state index in [-0.39, 0.29) is 0 Å². The van der Waals surface area contributed by atoms with Crippen LogP contribution >= 0.6 is 0 Å². The van der Waals surface area contributed by atoms with Crippen LogP contribution in [0.15, 0.2) is 66.9 Å². The quantitative estimate of drug-likeness (QED) is 0.369. The second-order valence-corrected chi connectivity index (χ2v) is 8.57. The Morgan fingerprint density at radius 2 is 1.62 bits per heavy atom. The minimum absolute atomic E-state index is 0.318. The molecule has 6 heteroatoms. The highest BCUT2D eigenvalue weighted by molar-refractivity contribution is 5.29. The molecule has 1 heterocycles. The van der Waals surface area contributed by atoms with Crippen LogP contribution < -0.4 is 4.74 Å². The molecule has 3 aromatic rings. The Balaban J connectivity index is 1.81. The summed E-state index contributed by atoms with van der Waals surface area (Å²) in [6.07, 6.45) is -2.41. The van der Waals surface area contributed by atoms with Gasteiger partial charge in [0.05, 0.1) is 12.7 Å². The van der Waals surface area contributed by atoms with Crippen molar-refractivity contribution in [2.24, 2.45) is 5.92 Å². The smallest absolute Gasteiger partial charge is 0.416 e. The Morgan fingerprint density at radius 1 is 0.906 bits per heavy atom. The monoisotopic (exact) mass is 444 g/mol. The van der Waals surface area contributed by atoms with Gasteiger partial charge in [-0.1, -0.05) is 38.1 Å². The number of aromatic nitrogens is 1. The Hall–Kier alpha value is -2.73. The van der Waals surface area contributed by atoms with Crippen LogP contribution in [0.1, 0.15) is 43.2 Å². The molecule has 32 heavy (non-hydrogen) atoms. The summed E-state index contributed by atoms with van der Waals surface area (Å²) < 4.78 is 46.7. The van der Waals surface area contributed by atoms with Gasteiger partial charge in [0.25, 0.3) is 0 Å². The van der Waals surface area contributed by atoms with Gasteiger partial charge in [-0.2, -0.15) is 13.2 Å². The summed E-state index contributed by atoms with van der Waals surface area (Å²) in [7, 11) is 1.66. The van der Waals surface area contributed by atoms with Gasteiger partial charge in [-0.25, -0.2) is 0 Å². The third-order valence-electron chi connectivity index (χ3n) is 5.96. The third-order valence-corrected chi connectivity index (χ3v) is 5.96. The van der Waals surface area contributed by atoms with E-state index in [1.54, 1.807) is 13.2 Å². The molecule has 1 atom stereocenters. The lowest BCUT2D eigenvalue weighted by Gasteiger charge is -2.32. The first-order valence-corrected chi connectivity index (χ1v) is 10.8. The van der Waals surface area contributed by atoms with Crippen molar-refractivity contribution in [3.63, 3.8) is 0 Å². The van der Waals surface area contributed by atoms with Gasteiger partial charge in [-0.3, -0.25) is 4.90 Å². The molecule has 0 N–H and O–H groups in total. The number of nitrogens with zero attached hydrogens (tertiary/aromatic N) is 2. The maximum absolute atomic E-state index is 13.1. The van der Waals surface area contributed by atoms with Crippen molar-refractivity contribution in [2.75, 3.05) is 7.11 Å². The molecular weight excluding hydrogens is 413 g/mol. The van der Waals surface area contributed by atoms with E-state index in [2.05, 4.69) is 31.7 Å². The average molecular weight is 445 g/mol. The Labute approximate surface area is 188 Å². The van der Waals surface area contributed by atoms with Gasteiger partial charge >= 0.3 is 6.18 Å². The van der Waals surface area contributed by atoms with Crippen molar-refractivity contribution in [1.29, 1.82) is 0 Å². The Morgan fingerprint density at radius 3 is 2.31 bits per heavy atom. The summed E-state index contributed by atoms with van der Waals surface area (Å²) in [4.78, 5) is 2.40. The SMILES string of the molecule is COc1cccc(CN(Cc2cccn2Cc2cccc(C(F)(F)F)c2)[C@@H](C)C(C)C)c1. The number of hydrogen-bond donors (Lipinski definition) is 0. The molecule has 3 rings (SSSR count). The summed E-state index contributed by atoms with van der Waals surface area (Å²) in [6.45, 7) is 8.46. The molecule has 0 fully saturated rings. The molecule has 0 radical (unpaired) electrons. The Kier molecular flexibility index (Phi) is 7.67. The fourth-order valence-corrected chi connectivity index (χ4v) is 3.77. The van der Waals surface area contributed by atoms with Gasteiger partial charge < -0.3 is 9.30 Å². The van der Waals surface area contributed by atoms with Crippen LogP contribution in [0.5, 0.6) is 5.75 Å². The summed E-state index contributed by atoms with van der Waals surface area (Å²) >= 11 is 0. The molecular formula is C26H31F3N2O. The van der Waals surface area contributed by atoms with E-state index in [0.29, 0.717) is 30.6 Å². The summed E-state index contributed by atoms with van der Waals surface area (Å²) in [5.74, 6) is 1.28. The van der Waals surface area contributed by atoms with Gasteiger partial charge in [-0.05, 0) is 60.4 Å². The molecule has 0 saturated heterocycles. The number of ether oxygens (including phenoxy) is 1. The molecule has 0 spiro atoms. The number of benzene rings is 2. The zero-order chi connectivity index (χ0) is 23.3. The van der Waals surface area contributed by atoms with Crippen LogP contribution in [0.2, 0.25) is 0 Å². The highest BCUT2D eigenvalue weighted by Gasteiger charge is 2.30. The lowest BCUT2D eigenvalue weighted by molar-refractivity contribution is -0.137. The van der Waals surface area contributed by atoms with Crippen molar-refractivity contribution in [2.45, 2.75) is 52.6 Å². The maximum Gasteiger partial charge on any atom is 0.416 e. The Bertz CT molecular complexity index is 1010. The lowest BCUT2D eigenvalue weighted by Crippen LogP contribution is -2.36. The summed E-state index contributed by atoms with van der Waals surface area (Å²) in [5.41, 5.74) is 2.25. The molecule has 1 aromatic heterocycles. The second kappa shape index (κ2) is 10.3. The predicted octanol–water partition coefficient (Wildman–Crippen LogP) is 6.61. The summed E-state index contributed by atoms with van der Waals surface area (Å²) in [6, 6.07) is 17.9. The van der Waals surface area contributed by atoms with E-state index in [1.165, 1.54) is 12.1 Å². The van der Waals surface area contributed by atoms with Crippen molar-refractivity contribution in [3.8, 4) is 5.75 Å². The van der Waals surface area contributed by atoms with E-state index in [1.807, 2.05) is 41.1 Å². The maximum atomic E-state index is 13.1. The molecule has 172 valence electrons. The molecule has 0 saturated carbocycles. The molecule has 0 aliphatic rings. The van der Waals surface area contributed by atoms with Gasteiger partial charge in [-0.15, -0.1) is 0 Å². The highest BCUT2D eigenvalue weighted by Crippen LogP contribution is 2.30. The zero-order valence-electron chi connectivity index (χ0n) is 19.1. The number of methoxy groups -OCH3 is 1. The van der Waals surface area contributed by atoms with Crippen LogP contribution in [-0.2, 0) is 25.8 Å². The predicted molar refractivity (Wildman–Crippen MR) is 122 cm³/mol. The van der Waals surface area contributed by atoms with Crippen molar-refractivity contribution < 1.29 is 17.9 Å². The topological polar surface area (TPSA) is 17.4 Å². The van der Waals surface area contributed by atoms with E-state index >= 15 is 0 Å². The molecule has 0 aliphatic heterocycles. The van der Waals surface area contributed by atoms with Crippen LogP contribution in [0.3, 0.4) is 0 Å². The number of alkyl halides is 3. The van der Waals surface area contributed by atoms with Crippen LogP contribution in [0.4, 0.5) is 13.2 Å². The first-order chi connectivity index (χ1) is 15.2. The first-order valence-electron chi connectivity index (χ1n) is 10.8. The van der Waals surface area contributed by atoms with Crippen LogP contribution in [0.25, 0.3) is 0 Å². The fraction of sp³-hybridized carbons (Fsp3) is 0.385. The second-order valence-electron chi connectivity index (χ2n) is 8.57. The summed E-state index contributed by atoms with van der Waals surface area (Å²) in [5, 5.41) is 0. The van der Waals surface area contributed by atoms with E-state index in [4.69, 9.17) is 4.74 Å². The van der Waals surface area contributed by atoms with Crippen molar-refractivity contribution in [1.82, 2.24) is 9.47 Å². The van der Waals surface area contributed by atoms with Crippen LogP contribution in [-0.4, -0.2) is 22.6 Å². The average Bonchev–Trinajstić information content (AvgIpc) is 3.19. The minimum atomic E-state index is -4.34. The lowest BCUT2D eigenvalue weighted by atomic mass is 10.0. The molecule has 0 unspecified atom stereocenters. The van der Waals surface area contributed by atoms with Gasteiger partial charge in [0.1, 0.15) is 5.75 Å². The van der Waals surface area contributed by atoms with E-state index < -0.39 is 11.7 Å². The van der Waals surface area contributed by atoms with Gasteiger partial charge in [0.2, 0.25) is 0 Å². The standard InChI is InChI=1S/C26H31F3N2O/c1-19(2)20(3)31(17-22-9-6-12-25(15-22)32-4)18-24-11-7-13-30(24)16-21-8-5-10-23(14-21)26(27,28)29/h5-15,19-20H,16-18H2,1-4H3/t20-/m0/s1. The third kappa shape index (κ3) is 6.16. The number of halogens is 3. The van der Waals surface area contributed by atoms with E-state index in [0.717, 1.165) is 29.6 Å².